The molecule has 1 aromatic carbocycles. The lowest BCUT2D eigenvalue weighted by molar-refractivity contribution is -0.124. The zero-order chi connectivity index (χ0) is 16.4. The van der Waals surface area contributed by atoms with Crippen molar-refractivity contribution in [2.75, 3.05) is 18.0 Å². The number of anilines is 1. The van der Waals surface area contributed by atoms with Gasteiger partial charge < -0.3 is 10.2 Å². The van der Waals surface area contributed by atoms with Crippen LogP contribution in [0.3, 0.4) is 0 Å². The molecule has 2 heterocycles. The third-order valence-corrected chi connectivity index (χ3v) is 4.31. The van der Waals surface area contributed by atoms with E-state index in [-0.39, 0.29) is 17.0 Å². The summed E-state index contributed by atoms with van der Waals surface area (Å²) in [5.74, 6) is -0.527. The molecule has 23 heavy (non-hydrogen) atoms. The highest BCUT2D eigenvalue weighted by Crippen LogP contribution is 2.25. The van der Waals surface area contributed by atoms with E-state index in [9.17, 15) is 9.18 Å². The molecule has 6 nitrogen and oxygen atoms in total. The van der Waals surface area contributed by atoms with Gasteiger partial charge in [-0.25, -0.2) is 14.1 Å². The van der Waals surface area contributed by atoms with E-state index in [4.69, 9.17) is 11.6 Å². The van der Waals surface area contributed by atoms with Gasteiger partial charge in [-0.3, -0.25) is 4.79 Å². The summed E-state index contributed by atoms with van der Waals surface area (Å²) in [5, 5.41) is 7.10. The zero-order valence-electron chi connectivity index (χ0n) is 12.6. The molecule has 2 atom stereocenters. The normalized spacial score (nSPS) is 18.9. The van der Waals surface area contributed by atoms with E-state index in [1.54, 1.807) is 19.1 Å². The fourth-order valence-electron chi connectivity index (χ4n) is 2.65. The van der Waals surface area contributed by atoms with E-state index < -0.39 is 11.9 Å². The number of amides is 1. The molecule has 1 N–H and O–H groups in total. The number of benzene rings is 1. The molecule has 1 fully saturated rings. The molecule has 122 valence electrons. The summed E-state index contributed by atoms with van der Waals surface area (Å²) >= 11 is 5.82. The van der Waals surface area contributed by atoms with Gasteiger partial charge in [0.1, 0.15) is 24.5 Å². The lowest BCUT2D eigenvalue weighted by Crippen LogP contribution is -2.40. The van der Waals surface area contributed by atoms with Crippen molar-refractivity contribution < 1.29 is 9.18 Å². The Bertz CT molecular complexity index is 693. The first-order valence-corrected chi connectivity index (χ1v) is 7.77. The summed E-state index contributed by atoms with van der Waals surface area (Å²) < 4.78 is 14.8. The summed E-state index contributed by atoms with van der Waals surface area (Å²) in [6.07, 6.45) is 3.75. The van der Waals surface area contributed by atoms with E-state index in [2.05, 4.69) is 20.3 Å². The molecule has 0 unspecified atom stereocenters. The average molecular weight is 338 g/mol. The smallest absolute Gasteiger partial charge is 0.244 e. The molecular formula is C15H17ClFN5O. The lowest BCUT2D eigenvalue weighted by atomic mass is 10.2. The second-order valence-electron chi connectivity index (χ2n) is 5.59. The molecule has 0 aliphatic carbocycles. The topological polar surface area (TPSA) is 63.1 Å². The fourth-order valence-corrected chi connectivity index (χ4v) is 2.83. The molecule has 0 spiro atoms. The van der Waals surface area contributed by atoms with Gasteiger partial charge in [0.25, 0.3) is 0 Å². The monoisotopic (exact) mass is 337 g/mol. The Balaban J connectivity index is 1.59. The van der Waals surface area contributed by atoms with Gasteiger partial charge in [0, 0.05) is 24.8 Å². The van der Waals surface area contributed by atoms with Crippen LogP contribution in [0.1, 0.15) is 19.4 Å². The maximum absolute atomic E-state index is 13.2. The second-order valence-corrected chi connectivity index (χ2v) is 6.00. The largest absolute Gasteiger partial charge is 0.369 e. The number of halogens is 2. The van der Waals surface area contributed by atoms with Crippen LogP contribution in [0.2, 0.25) is 5.02 Å². The first-order chi connectivity index (χ1) is 11.0. The minimum atomic E-state index is -0.430. The number of nitrogens with zero attached hydrogens (tertiary/aromatic N) is 4. The number of rotatable bonds is 4. The van der Waals surface area contributed by atoms with Gasteiger partial charge in [-0.05, 0) is 31.5 Å². The average Bonchev–Trinajstić information content (AvgIpc) is 3.20. The number of nitrogens with one attached hydrogen (secondary N) is 1. The van der Waals surface area contributed by atoms with Crippen LogP contribution in [0.4, 0.5) is 10.1 Å². The van der Waals surface area contributed by atoms with E-state index in [0.717, 1.165) is 18.7 Å². The van der Waals surface area contributed by atoms with Crippen LogP contribution in [0.5, 0.6) is 0 Å². The molecule has 0 bridgehead atoms. The Hall–Kier alpha value is -2.15. The van der Waals surface area contributed by atoms with Gasteiger partial charge in [-0.15, -0.1) is 0 Å². The van der Waals surface area contributed by atoms with Crippen LogP contribution in [-0.4, -0.2) is 39.8 Å². The third kappa shape index (κ3) is 3.44. The molecule has 0 radical (unpaired) electrons. The number of carbonyl (C=O) groups is 1. The summed E-state index contributed by atoms with van der Waals surface area (Å²) in [7, 11) is 0. The van der Waals surface area contributed by atoms with Crippen molar-refractivity contribution in [2.24, 2.45) is 0 Å². The van der Waals surface area contributed by atoms with E-state index in [0.29, 0.717) is 6.54 Å². The minimum Gasteiger partial charge on any atom is -0.369 e. The minimum absolute atomic E-state index is 0.0392. The Morgan fingerprint density at radius 3 is 3.04 bits per heavy atom. The second kappa shape index (κ2) is 6.54. The van der Waals surface area contributed by atoms with Crippen molar-refractivity contribution >= 4 is 23.2 Å². The molecule has 8 heteroatoms. The Labute approximate surface area is 138 Å². The molecule has 3 rings (SSSR count). The van der Waals surface area contributed by atoms with Crippen LogP contribution in [0.15, 0.2) is 30.9 Å². The van der Waals surface area contributed by atoms with Crippen molar-refractivity contribution in [3.05, 3.63) is 41.7 Å². The molecule has 1 saturated heterocycles. The van der Waals surface area contributed by atoms with Crippen LogP contribution in [-0.2, 0) is 4.79 Å². The fraction of sp³-hybridized carbons (Fsp3) is 0.400. The first-order valence-electron chi connectivity index (χ1n) is 7.39. The highest BCUT2D eigenvalue weighted by molar-refractivity contribution is 6.31. The summed E-state index contributed by atoms with van der Waals surface area (Å²) in [5.41, 5.74) is 0.859. The molecule has 1 aliphatic rings. The van der Waals surface area contributed by atoms with Crippen LogP contribution in [0.25, 0.3) is 0 Å². The predicted octanol–water partition coefficient (Wildman–Crippen LogP) is 2.03. The highest BCUT2D eigenvalue weighted by Gasteiger charge is 2.26. The Morgan fingerprint density at radius 1 is 1.52 bits per heavy atom. The van der Waals surface area contributed by atoms with Crippen molar-refractivity contribution in [3.8, 4) is 0 Å². The van der Waals surface area contributed by atoms with Gasteiger partial charge in [0.2, 0.25) is 5.91 Å². The van der Waals surface area contributed by atoms with Gasteiger partial charge in [-0.2, -0.15) is 5.10 Å². The van der Waals surface area contributed by atoms with Crippen LogP contribution >= 0.6 is 11.6 Å². The van der Waals surface area contributed by atoms with Gasteiger partial charge in [-0.1, -0.05) is 11.6 Å². The molecule has 1 aromatic heterocycles. The van der Waals surface area contributed by atoms with Crippen molar-refractivity contribution in [1.82, 2.24) is 20.1 Å². The molecule has 0 saturated carbocycles. The highest BCUT2D eigenvalue weighted by atomic mass is 35.5. The lowest BCUT2D eigenvalue weighted by Gasteiger charge is -2.20. The van der Waals surface area contributed by atoms with Crippen LogP contribution < -0.4 is 10.2 Å². The predicted molar refractivity (Wildman–Crippen MR) is 84.9 cm³/mol. The Morgan fingerprint density at radius 2 is 2.35 bits per heavy atom. The van der Waals surface area contributed by atoms with Crippen LogP contribution in [0, 0.1) is 5.82 Å². The number of carbonyl (C=O) groups excluding carboxylic acids is 1. The molecule has 1 amide bonds. The van der Waals surface area contributed by atoms with Crippen molar-refractivity contribution in [3.63, 3.8) is 0 Å². The maximum atomic E-state index is 13.2. The van der Waals surface area contributed by atoms with E-state index in [1.807, 2.05) is 0 Å². The quantitative estimate of drug-likeness (QED) is 0.927. The molecular weight excluding hydrogens is 321 g/mol. The van der Waals surface area contributed by atoms with E-state index in [1.165, 1.54) is 23.4 Å². The van der Waals surface area contributed by atoms with Crippen molar-refractivity contribution in [1.29, 1.82) is 0 Å². The van der Waals surface area contributed by atoms with E-state index >= 15 is 0 Å². The SMILES string of the molecule is C[C@H](C(=O)N[C@H]1CCN(c2ccc(F)c(Cl)c2)C1)n1cncn1. The van der Waals surface area contributed by atoms with Gasteiger partial charge >= 0.3 is 0 Å². The zero-order valence-corrected chi connectivity index (χ0v) is 13.4. The summed E-state index contributed by atoms with van der Waals surface area (Å²) in [6.45, 7) is 3.22. The third-order valence-electron chi connectivity index (χ3n) is 4.02. The number of aromatic nitrogens is 3. The molecule has 1 aliphatic heterocycles. The standard InChI is InChI=1S/C15H17ClFN5O/c1-10(22-9-18-8-19-22)15(23)20-11-4-5-21(7-11)12-2-3-14(17)13(16)6-12/h2-3,6,8-11H,4-5,7H2,1H3,(H,20,23)/t10-,11+/m1/s1. The first kappa shape index (κ1) is 15.7. The van der Waals surface area contributed by atoms with Gasteiger partial charge in [0.15, 0.2) is 0 Å². The number of hydrogen-bond acceptors (Lipinski definition) is 4. The van der Waals surface area contributed by atoms with Crippen molar-refractivity contribution in [2.45, 2.75) is 25.4 Å². The van der Waals surface area contributed by atoms with Gasteiger partial charge in [0.05, 0.1) is 5.02 Å². The molecule has 2 aromatic rings. The Kier molecular flexibility index (Phi) is 4.47. The summed E-state index contributed by atoms with van der Waals surface area (Å²) in [4.78, 5) is 18.2. The maximum Gasteiger partial charge on any atom is 0.244 e. The summed E-state index contributed by atoms with van der Waals surface area (Å²) in [6, 6.07) is 4.29. The number of hydrogen-bond donors (Lipinski definition) is 1.